The summed E-state index contributed by atoms with van der Waals surface area (Å²) >= 11 is 0. The Morgan fingerprint density at radius 1 is 1.07 bits per heavy atom. The number of allylic oxidation sites excluding steroid dienone is 1. The van der Waals surface area contributed by atoms with Crippen LogP contribution in [0, 0.1) is 0 Å². The number of amides is 1. The van der Waals surface area contributed by atoms with Crippen LogP contribution in [0.25, 0.3) is 10.8 Å². The third-order valence-electron chi connectivity index (χ3n) is 4.62. The van der Waals surface area contributed by atoms with Gasteiger partial charge in [-0.3, -0.25) is 4.79 Å². The molecule has 4 heteroatoms. The van der Waals surface area contributed by atoms with E-state index in [4.69, 9.17) is 9.47 Å². The molecular weight excluding hydrogens is 350 g/mol. The lowest BCUT2D eigenvalue weighted by molar-refractivity contribution is -0.123. The van der Waals surface area contributed by atoms with Gasteiger partial charge in [-0.15, -0.1) is 6.58 Å². The van der Waals surface area contributed by atoms with Gasteiger partial charge in [0.2, 0.25) is 0 Å². The van der Waals surface area contributed by atoms with Crippen molar-refractivity contribution in [3.05, 3.63) is 84.4 Å². The highest BCUT2D eigenvalue weighted by Crippen LogP contribution is 2.28. The largest absolute Gasteiger partial charge is 0.493 e. The number of hydrogen-bond acceptors (Lipinski definition) is 3. The standard InChI is InChI=1S/C24H25NO3/c1-4-7-18-10-13-22(23(14-18)27-3)28-16-24(26)25-17(2)20-12-11-19-8-5-6-9-21(19)15-20/h4-6,8-15,17H,1,7,16H2,2-3H3,(H,25,26)/t17-/m0/s1. The van der Waals surface area contributed by atoms with Crippen molar-refractivity contribution in [1.29, 1.82) is 0 Å². The zero-order valence-corrected chi connectivity index (χ0v) is 16.3. The van der Waals surface area contributed by atoms with Crippen LogP contribution in [0.5, 0.6) is 11.5 Å². The molecule has 0 heterocycles. The van der Waals surface area contributed by atoms with Crippen LogP contribution in [0.3, 0.4) is 0 Å². The van der Waals surface area contributed by atoms with E-state index in [0.29, 0.717) is 11.5 Å². The van der Waals surface area contributed by atoms with E-state index in [9.17, 15) is 4.79 Å². The molecule has 1 atom stereocenters. The van der Waals surface area contributed by atoms with Crippen LogP contribution in [0.15, 0.2) is 73.3 Å². The van der Waals surface area contributed by atoms with Crippen molar-refractivity contribution in [3.63, 3.8) is 0 Å². The first kappa shape index (κ1) is 19.5. The zero-order chi connectivity index (χ0) is 19.9. The molecule has 0 saturated carbocycles. The fourth-order valence-corrected chi connectivity index (χ4v) is 3.11. The van der Waals surface area contributed by atoms with E-state index in [1.165, 1.54) is 5.39 Å². The highest BCUT2D eigenvalue weighted by Gasteiger charge is 2.12. The lowest BCUT2D eigenvalue weighted by Crippen LogP contribution is -2.31. The summed E-state index contributed by atoms with van der Waals surface area (Å²) in [5, 5.41) is 5.32. The molecule has 0 radical (unpaired) electrons. The smallest absolute Gasteiger partial charge is 0.258 e. The Bertz CT molecular complexity index is 981. The molecule has 0 aliphatic carbocycles. The molecule has 0 unspecified atom stereocenters. The third-order valence-corrected chi connectivity index (χ3v) is 4.62. The number of fused-ring (bicyclic) bond motifs is 1. The molecule has 0 spiro atoms. The molecule has 1 N–H and O–H groups in total. The summed E-state index contributed by atoms with van der Waals surface area (Å²) in [5.74, 6) is 0.969. The molecule has 0 bridgehead atoms. The first-order valence-electron chi connectivity index (χ1n) is 9.29. The minimum atomic E-state index is -0.183. The number of ether oxygens (including phenoxy) is 2. The molecule has 3 rings (SSSR count). The van der Waals surface area contributed by atoms with Gasteiger partial charge in [0.25, 0.3) is 5.91 Å². The highest BCUT2D eigenvalue weighted by atomic mass is 16.5. The number of nitrogens with one attached hydrogen (secondary N) is 1. The zero-order valence-electron chi connectivity index (χ0n) is 16.3. The van der Waals surface area contributed by atoms with Crippen molar-refractivity contribution >= 4 is 16.7 Å². The Morgan fingerprint density at radius 3 is 2.61 bits per heavy atom. The summed E-state index contributed by atoms with van der Waals surface area (Å²) in [7, 11) is 1.59. The number of rotatable bonds is 8. The van der Waals surface area contributed by atoms with E-state index in [1.54, 1.807) is 7.11 Å². The van der Waals surface area contributed by atoms with E-state index in [2.05, 4.69) is 36.2 Å². The molecule has 28 heavy (non-hydrogen) atoms. The molecule has 0 fully saturated rings. The van der Waals surface area contributed by atoms with Gasteiger partial charge in [-0.1, -0.05) is 48.5 Å². The molecule has 0 aromatic heterocycles. The molecule has 1 amide bonds. The van der Waals surface area contributed by atoms with Crippen LogP contribution in [-0.4, -0.2) is 19.6 Å². The molecule has 144 valence electrons. The summed E-state index contributed by atoms with van der Waals surface area (Å²) in [6, 6.07) is 19.9. The van der Waals surface area contributed by atoms with Crippen molar-refractivity contribution in [2.75, 3.05) is 13.7 Å². The maximum absolute atomic E-state index is 12.3. The van der Waals surface area contributed by atoms with Crippen LogP contribution in [-0.2, 0) is 11.2 Å². The summed E-state index contributed by atoms with van der Waals surface area (Å²) in [6.07, 6.45) is 2.58. The number of carbonyl (C=O) groups is 1. The van der Waals surface area contributed by atoms with Crippen molar-refractivity contribution in [1.82, 2.24) is 5.32 Å². The summed E-state index contributed by atoms with van der Waals surface area (Å²) in [4.78, 5) is 12.3. The SMILES string of the molecule is C=CCc1ccc(OCC(=O)N[C@@H](C)c2ccc3ccccc3c2)c(OC)c1. The number of carbonyl (C=O) groups excluding carboxylic acids is 1. The van der Waals surface area contributed by atoms with Gasteiger partial charge in [0.15, 0.2) is 18.1 Å². The second-order valence-electron chi connectivity index (χ2n) is 6.66. The number of hydrogen-bond donors (Lipinski definition) is 1. The fourth-order valence-electron chi connectivity index (χ4n) is 3.11. The minimum Gasteiger partial charge on any atom is -0.493 e. The Labute approximate surface area is 165 Å². The average Bonchev–Trinajstić information content (AvgIpc) is 2.72. The van der Waals surface area contributed by atoms with Crippen LogP contribution in [0.4, 0.5) is 0 Å². The maximum Gasteiger partial charge on any atom is 0.258 e. The molecule has 4 nitrogen and oxygen atoms in total. The van der Waals surface area contributed by atoms with Gasteiger partial charge in [0.05, 0.1) is 13.2 Å². The van der Waals surface area contributed by atoms with E-state index in [-0.39, 0.29) is 18.6 Å². The fraction of sp³-hybridized carbons (Fsp3) is 0.208. The lowest BCUT2D eigenvalue weighted by atomic mass is 10.0. The van der Waals surface area contributed by atoms with Crippen LogP contribution in [0.2, 0.25) is 0 Å². The van der Waals surface area contributed by atoms with Crippen LogP contribution >= 0.6 is 0 Å². The van der Waals surface area contributed by atoms with E-state index in [1.807, 2.05) is 49.4 Å². The number of benzene rings is 3. The van der Waals surface area contributed by atoms with Crippen LogP contribution in [0.1, 0.15) is 24.1 Å². The predicted octanol–water partition coefficient (Wildman–Crippen LogP) is 4.83. The van der Waals surface area contributed by atoms with Gasteiger partial charge in [-0.05, 0) is 53.4 Å². The maximum atomic E-state index is 12.3. The quantitative estimate of drug-likeness (QED) is 0.574. The van der Waals surface area contributed by atoms with Gasteiger partial charge in [0, 0.05) is 0 Å². The first-order valence-corrected chi connectivity index (χ1v) is 9.29. The lowest BCUT2D eigenvalue weighted by Gasteiger charge is -2.16. The van der Waals surface area contributed by atoms with Crippen molar-refractivity contribution in [3.8, 4) is 11.5 Å². The monoisotopic (exact) mass is 375 g/mol. The van der Waals surface area contributed by atoms with E-state index >= 15 is 0 Å². The highest BCUT2D eigenvalue weighted by molar-refractivity contribution is 5.83. The van der Waals surface area contributed by atoms with Gasteiger partial charge in [-0.25, -0.2) is 0 Å². The molecule has 0 aliphatic heterocycles. The number of methoxy groups -OCH3 is 1. The van der Waals surface area contributed by atoms with E-state index < -0.39 is 0 Å². The second-order valence-corrected chi connectivity index (χ2v) is 6.66. The van der Waals surface area contributed by atoms with Crippen LogP contribution < -0.4 is 14.8 Å². The van der Waals surface area contributed by atoms with Gasteiger partial charge in [-0.2, -0.15) is 0 Å². The first-order chi connectivity index (χ1) is 13.6. The van der Waals surface area contributed by atoms with Crippen molar-refractivity contribution in [2.24, 2.45) is 0 Å². The molecule has 3 aromatic rings. The summed E-state index contributed by atoms with van der Waals surface area (Å²) in [5.41, 5.74) is 2.13. The minimum absolute atomic E-state index is 0.0743. The normalized spacial score (nSPS) is 11.6. The van der Waals surface area contributed by atoms with Crippen molar-refractivity contribution < 1.29 is 14.3 Å². The Morgan fingerprint density at radius 2 is 1.86 bits per heavy atom. The molecular formula is C24H25NO3. The second kappa shape index (κ2) is 9.09. The summed E-state index contributed by atoms with van der Waals surface area (Å²) < 4.78 is 11.0. The third kappa shape index (κ3) is 4.71. The van der Waals surface area contributed by atoms with Gasteiger partial charge >= 0.3 is 0 Å². The predicted molar refractivity (Wildman–Crippen MR) is 113 cm³/mol. The topological polar surface area (TPSA) is 47.6 Å². The van der Waals surface area contributed by atoms with Gasteiger partial charge < -0.3 is 14.8 Å². The van der Waals surface area contributed by atoms with E-state index in [0.717, 1.165) is 22.9 Å². The summed E-state index contributed by atoms with van der Waals surface area (Å²) in [6.45, 7) is 5.63. The molecule has 0 aliphatic rings. The molecule has 3 aromatic carbocycles. The Balaban J connectivity index is 1.61. The van der Waals surface area contributed by atoms with Gasteiger partial charge in [0.1, 0.15) is 0 Å². The average molecular weight is 375 g/mol. The molecule has 0 saturated heterocycles. The van der Waals surface area contributed by atoms with Crippen molar-refractivity contribution in [2.45, 2.75) is 19.4 Å². The Kier molecular flexibility index (Phi) is 6.33. The Hall–Kier alpha value is -3.27.